The van der Waals surface area contributed by atoms with Crippen LogP contribution < -0.4 is 10.6 Å². The Hall–Kier alpha value is -1.36. The van der Waals surface area contributed by atoms with E-state index in [0.29, 0.717) is 11.7 Å². The smallest absolute Gasteiger partial charge is 0.230 e. The van der Waals surface area contributed by atoms with Crippen LogP contribution in [0.5, 0.6) is 0 Å². The number of aromatic nitrogens is 2. The second-order valence-electron chi connectivity index (χ2n) is 6.15. The molecule has 0 saturated carbocycles. The normalized spacial score (nSPS) is 24.2. The lowest BCUT2D eigenvalue weighted by molar-refractivity contribution is -0.120. The van der Waals surface area contributed by atoms with Crippen LogP contribution in [0.25, 0.3) is 0 Å². The van der Waals surface area contributed by atoms with Gasteiger partial charge in [-0.25, -0.2) is 0 Å². The Kier molecular flexibility index (Phi) is 3.43. The van der Waals surface area contributed by atoms with Crippen LogP contribution in [0, 0.1) is 11.8 Å². The zero-order valence-corrected chi connectivity index (χ0v) is 11.5. The van der Waals surface area contributed by atoms with Crippen LogP contribution in [0.15, 0.2) is 6.07 Å². The molecule has 1 amide bonds. The molecule has 2 heterocycles. The molecule has 18 heavy (non-hydrogen) atoms. The molecule has 2 rings (SSSR count). The van der Waals surface area contributed by atoms with Crippen LogP contribution in [0.1, 0.15) is 33.4 Å². The largest absolute Gasteiger partial charge is 0.316 e. The third kappa shape index (κ3) is 2.72. The highest BCUT2D eigenvalue weighted by Gasteiger charge is 2.30. The Balaban J connectivity index is 2.01. The minimum absolute atomic E-state index is 0.0121. The van der Waals surface area contributed by atoms with Crippen molar-refractivity contribution < 1.29 is 4.79 Å². The Labute approximate surface area is 108 Å². The molecule has 5 heteroatoms. The van der Waals surface area contributed by atoms with Gasteiger partial charge in [-0.3, -0.25) is 9.89 Å². The molecule has 0 spiro atoms. The zero-order chi connectivity index (χ0) is 13.3. The summed E-state index contributed by atoms with van der Waals surface area (Å²) in [7, 11) is 0. The van der Waals surface area contributed by atoms with E-state index in [-0.39, 0.29) is 17.2 Å². The summed E-state index contributed by atoms with van der Waals surface area (Å²) < 4.78 is 0. The average Bonchev–Trinajstić information content (AvgIpc) is 2.85. The summed E-state index contributed by atoms with van der Waals surface area (Å²) in [6.07, 6.45) is 0. The van der Waals surface area contributed by atoms with Gasteiger partial charge in [0.1, 0.15) is 0 Å². The van der Waals surface area contributed by atoms with E-state index in [1.165, 1.54) is 0 Å². The molecule has 5 nitrogen and oxygen atoms in total. The Morgan fingerprint density at radius 3 is 2.67 bits per heavy atom. The first-order valence-electron chi connectivity index (χ1n) is 6.45. The number of hydrogen-bond acceptors (Lipinski definition) is 3. The minimum atomic E-state index is 0.0121. The lowest BCUT2D eigenvalue weighted by Gasteiger charge is -2.15. The van der Waals surface area contributed by atoms with Gasteiger partial charge in [-0.2, -0.15) is 5.10 Å². The van der Waals surface area contributed by atoms with E-state index in [1.807, 2.05) is 6.07 Å². The van der Waals surface area contributed by atoms with Gasteiger partial charge in [-0.15, -0.1) is 0 Å². The van der Waals surface area contributed by atoms with Gasteiger partial charge in [-0.05, 0) is 12.5 Å². The molecule has 100 valence electrons. The van der Waals surface area contributed by atoms with Crippen LogP contribution in [-0.4, -0.2) is 29.2 Å². The number of anilines is 1. The maximum atomic E-state index is 12.1. The van der Waals surface area contributed by atoms with Crippen molar-refractivity contribution in [3.8, 4) is 0 Å². The fourth-order valence-corrected chi connectivity index (χ4v) is 2.15. The van der Waals surface area contributed by atoms with E-state index >= 15 is 0 Å². The zero-order valence-electron chi connectivity index (χ0n) is 11.5. The highest BCUT2D eigenvalue weighted by atomic mass is 16.2. The SMILES string of the molecule is C[C@@H]1CNC[C@H]1C(=O)Nc1cc(C(C)(C)C)[nH]n1. The predicted molar refractivity (Wildman–Crippen MR) is 71.4 cm³/mol. The van der Waals surface area contributed by atoms with Crippen LogP contribution in [-0.2, 0) is 10.2 Å². The monoisotopic (exact) mass is 250 g/mol. The molecule has 0 aromatic carbocycles. The number of nitrogens with zero attached hydrogens (tertiary/aromatic N) is 1. The maximum Gasteiger partial charge on any atom is 0.230 e. The number of hydrogen-bond donors (Lipinski definition) is 3. The first-order valence-corrected chi connectivity index (χ1v) is 6.45. The minimum Gasteiger partial charge on any atom is -0.316 e. The molecular formula is C13H22N4O. The van der Waals surface area contributed by atoms with Crippen molar-refractivity contribution in [2.75, 3.05) is 18.4 Å². The summed E-state index contributed by atoms with van der Waals surface area (Å²) in [4.78, 5) is 12.1. The summed E-state index contributed by atoms with van der Waals surface area (Å²) >= 11 is 0. The summed E-state index contributed by atoms with van der Waals surface area (Å²) in [5.41, 5.74) is 1.04. The molecule has 0 aliphatic carbocycles. The van der Waals surface area contributed by atoms with Crippen molar-refractivity contribution in [2.24, 2.45) is 11.8 Å². The number of amides is 1. The summed E-state index contributed by atoms with van der Waals surface area (Å²) in [6, 6.07) is 1.91. The number of nitrogens with one attached hydrogen (secondary N) is 3. The number of H-pyrrole nitrogens is 1. The highest BCUT2D eigenvalue weighted by Crippen LogP contribution is 2.23. The van der Waals surface area contributed by atoms with E-state index in [1.54, 1.807) is 0 Å². The van der Waals surface area contributed by atoms with Gasteiger partial charge in [-0.1, -0.05) is 27.7 Å². The van der Waals surface area contributed by atoms with Gasteiger partial charge in [0.25, 0.3) is 0 Å². The molecule has 1 aliphatic heterocycles. The van der Waals surface area contributed by atoms with Crippen LogP contribution in [0.4, 0.5) is 5.82 Å². The van der Waals surface area contributed by atoms with Crippen LogP contribution in [0.2, 0.25) is 0 Å². The predicted octanol–water partition coefficient (Wildman–Crippen LogP) is 1.50. The molecule has 1 aromatic rings. The number of rotatable bonds is 2. The summed E-state index contributed by atoms with van der Waals surface area (Å²) in [5.74, 6) is 1.09. The summed E-state index contributed by atoms with van der Waals surface area (Å²) in [5, 5.41) is 13.2. The molecule has 0 bridgehead atoms. The third-order valence-corrected chi connectivity index (χ3v) is 3.49. The van der Waals surface area contributed by atoms with Gasteiger partial charge in [0.15, 0.2) is 5.82 Å². The number of carbonyl (C=O) groups excluding carboxylic acids is 1. The maximum absolute atomic E-state index is 12.1. The lowest BCUT2D eigenvalue weighted by atomic mass is 9.92. The van der Waals surface area contributed by atoms with Crippen molar-refractivity contribution in [3.63, 3.8) is 0 Å². The molecular weight excluding hydrogens is 228 g/mol. The van der Waals surface area contributed by atoms with Crippen LogP contribution in [0.3, 0.4) is 0 Å². The third-order valence-electron chi connectivity index (χ3n) is 3.49. The molecule has 1 saturated heterocycles. The quantitative estimate of drug-likeness (QED) is 0.745. The second-order valence-corrected chi connectivity index (χ2v) is 6.15. The number of carbonyl (C=O) groups is 1. The van der Waals surface area contributed by atoms with Gasteiger partial charge in [0, 0.05) is 23.7 Å². The second kappa shape index (κ2) is 4.72. The average molecular weight is 250 g/mol. The molecule has 3 N–H and O–H groups in total. The van der Waals surface area contributed by atoms with Crippen LogP contribution >= 0.6 is 0 Å². The van der Waals surface area contributed by atoms with Gasteiger partial charge in [0.2, 0.25) is 5.91 Å². The first kappa shape index (κ1) is 13.1. The molecule has 1 aromatic heterocycles. The fraction of sp³-hybridized carbons (Fsp3) is 0.692. The molecule has 2 atom stereocenters. The molecule has 1 aliphatic rings. The van der Waals surface area contributed by atoms with Crippen molar-refractivity contribution in [1.82, 2.24) is 15.5 Å². The molecule has 0 unspecified atom stereocenters. The highest BCUT2D eigenvalue weighted by molar-refractivity contribution is 5.92. The Bertz CT molecular complexity index is 432. The molecule has 1 fully saturated rings. The Morgan fingerprint density at radius 1 is 1.44 bits per heavy atom. The van der Waals surface area contributed by atoms with Gasteiger partial charge >= 0.3 is 0 Å². The van der Waals surface area contributed by atoms with E-state index in [2.05, 4.69) is 48.5 Å². The summed E-state index contributed by atoms with van der Waals surface area (Å²) in [6.45, 7) is 10.1. The number of aromatic amines is 1. The van der Waals surface area contributed by atoms with E-state index in [4.69, 9.17) is 0 Å². The Morgan fingerprint density at radius 2 is 2.17 bits per heavy atom. The van der Waals surface area contributed by atoms with E-state index < -0.39 is 0 Å². The fourth-order valence-electron chi connectivity index (χ4n) is 2.15. The lowest BCUT2D eigenvalue weighted by Crippen LogP contribution is -2.27. The van der Waals surface area contributed by atoms with Crippen molar-refractivity contribution >= 4 is 11.7 Å². The van der Waals surface area contributed by atoms with E-state index in [9.17, 15) is 4.79 Å². The van der Waals surface area contributed by atoms with Crippen molar-refractivity contribution in [1.29, 1.82) is 0 Å². The van der Waals surface area contributed by atoms with Crippen molar-refractivity contribution in [2.45, 2.75) is 33.1 Å². The standard InChI is InChI=1S/C13H22N4O/c1-8-6-14-7-9(8)12(18)15-11-5-10(16-17-11)13(2,3)4/h5,8-9,14H,6-7H2,1-4H3,(H2,15,16,17,18)/t8-,9-/m1/s1. The molecule has 0 radical (unpaired) electrons. The first-order chi connectivity index (χ1) is 8.38. The topological polar surface area (TPSA) is 69.8 Å². The van der Waals surface area contributed by atoms with Gasteiger partial charge in [0.05, 0.1) is 5.92 Å². The van der Waals surface area contributed by atoms with E-state index in [0.717, 1.165) is 18.8 Å². The van der Waals surface area contributed by atoms with Gasteiger partial charge < -0.3 is 10.6 Å². The van der Waals surface area contributed by atoms with Crippen molar-refractivity contribution in [3.05, 3.63) is 11.8 Å².